The summed E-state index contributed by atoms with van der Waals surface area (Å²) in [5, 5.41) is 18.3. The predicted octanol–water partition coefficient (Wildman–Crippen LogP) is 2.18. The molecule has 0 radical (unpaired) electrons. The molecule has 0 heterocycles. The molecule has 0 aromatic heterocycles. The van der Waals surface area contributed by atoms with E-state index < -0.39 is 28.0 Å². The fourth-order valence-corrected chi connectivity index (χ4v) is 4.55. The number of hydrogen-bond donors (Lipinski definition) is 2. The highest BCUT2D eigenvalue weighted by atomic mass is 32.2. The highest BCUT2D eigenvalue weighted by Gasteiger charge is 2.33. The van der Waals surface area contributed by atoms with Gasteiger partial charge in [-0.05, 0) is 37.5 Å². The number of aryl methyl sites for hydroxylation is 1. The molecule has 2 atom stereocenters. The Labute approximate surface area is 136 Å². The molecule has 1 saturated carbocycles. The van der Waals surface area contributed by atoms with Gasteiger partial charge in [0.1, 0.15) is 0 Å². The zero-order chi connectivity index (χ0) is 17.0. The van der Waals surface area contributed by atoms with Gasteiger partial charge >= 0.3 is 5.97 Å². The molecular formula is C16H20N2O4S. The Balaban J connectivity index is 2.33. The van der Waals surface area contributed by atoms with Crippen LogP contribution in [0.25, 0.3) is 0 Å². The third-order valence-corrected chi connectivity index (χ3v) is 5.88. The summed E-state index contributed by atoms with van der Waals surface area (Å²) >= 11 is 0. The Hall–Kier alpha value is -1.91. The number of hydrogen-bond acceptors (Lipinski definition) is 4. The lowest BCUT2D eigenvalue weighted by atomic mass is 9.96. The normalized spacial score (nSPS) is 22.1. The molecule has 23 heavy (non-hydrogen) atoms. The number of benzene rings is 1. The van der Waals surface area contributed by atoms with E-state index in [0.29, 0.717) is 18.4 Å². The second kappa shape index (κ2) is 7.11. The molecule has 0 bridgehead atoms. The molecule has 2 rings (SSSR count). The van der Waals surface area contributed by atoms with E-state index in [1.54, 1.807) is 19.1 Å². The highest BCUT2D eigenvalue weighted by Crippen LogP contribution is 2.26. The molecule has 0 amide bonds. The van der Waals surface area contributed by atoms with Crippen molar-refractivity contribution in [1.29, 1.82) is 5.26 Å². The number of aliphatic carboxylic acids is 1. The molecule has 0 saturated heterocycles. The molecule has 0 aliphatic heterocycles. The van der Waals surface area contributed by atoms with Crippen molar-refractivity contribution in [2.45, 2.75) is 50.0 Å². The van der Waals surface area contributed by atoms with Crippen molar-refractivity contribution in [3.8, 4) is 6.07 Å². The van der Waals surface area contributed by atoms with E-state index in [-0.39, 0.29) is 10.5 Å². The summed E-state index contributed by atoms with van der Waals surface area (Å²) in [5.41, 5.74) is 0.781. The molecule has 1 aliphatic carbocycles. The van der Waals surface area contributed by atoms with Crippen LogP contribution in [0.4, 0.5) is 0 Å². The van der Waals surface area contributed by atoms with E-state index in [1.807, 2.05) is 6.07 Å². The Bertz CT molecular complexity index is 737. The first kappa shape index (κ1) is 17.4. The van der Waals surface area contributed by atoms with E-state index in [9.17, 15) is 18.3 Å². The van der Waals surface area contributed by atoms with Crippen LogP contribution in [0.1, 0.15) is 43.2 Å². The molecule has 1 aromatic rings. The zero-order valence-corrected chi connectivity index (χ0v) is 13.8. The van der Waals surface area contributed by atoms with Crippen LogP contribution >= 0.6 is 0 Å². The maximum absolute atomic E-state index is 12.7. The number of nitrogens with zero attached hydrogens (tertiary/aromatic N) is 1. The van der Waals surface area contributed by atoms with Crippen molar-refractivity contribution in [3.05, 3.63) is 29.3 Å². The summed E-state index contributed by atoms with van der Waals surface area (Å²) in [4.78, 5) is 11.5. The number of nitriles is 1. The van der Waals surface area contributed by atoms with Crippen molar-refractivity contribution in [3.63, 3.8) is 0 Å². The minimum atomic E-state index is -3.87. The number of carboxylic acid groups (broad SMARTS) is 1. The van der Waals surface area contributed by atoms with Gasteiger partial charge in [0.2, 0.25) is 10.0 Å². The predicted molar refractivity (Wildman–Crippen MR) is 84.2 cm³/mol. The van der Waals surface area contributed by atoms with Crippen molar-refractivity contribution < 1.29 is 18.3 Å². The smallest absolute Gasteiger partial charge is 0.308 e. The lowest BCUT2D eigenvalue weighted by Gasteiger charge is -2.23. The Morgan fingerprint density at radius 2 is 2.00 bits per heavy atom. The van der Waals surface area contributed by atoms with E-state index in [2.05, 4.69) is 4.72 Å². The van der Waals surface area contributed by atoms with Crippen LogP contribution in [-0.2, 0) is 14.8 Å². The minimum absolute atomic E-state index is 0.0323. The third-order valence-electron chi connectivity index (χ3n) is 4.25. The van der Waals surface area contributed by atoms with E-state index >= 15 is 0 Å². The molecule has 1 aromatic carbocycles. The van der Waals surface area contributed by atoms with E-state index in [1.165, 1.54) is 6.07 Å². The SMILES string of the molecule is Cc1ccc(C#N)cc1S(=O)(=O)N[C@@H]1CCCCC[C@@H]1C(=O)O. The van der Waals surface area contributed by atoms with Crippen LogP contribution in [0.2, 0.25) is 0 Å². The maximum Gasteiger partial charge on any atom is 0.308 e. The molecule has 0 spiro atoms. The first-order valence-electron chi connectivity index (χ1n) is 7.61. The Morgan fingerprint density at radius 3 is 2.65 bits per heavy atom. The van der Waals surface area contributed by atoms with Crippen molar-refractivity contribution in [2.24, 2.45) is 5.92 Å². The molecule has 2 N–H and O–H groups in total. The van der Waals surface area contributed by atoms with Crippen molar-refractivity contribution >= 4 is 16.0 Å². The van der Waals surface area contributed by atoms with Gasteiger partial charge in [-0.15, -0.1) is 0 Å². The van der Waals surface area contributed by atoms with Gasteiger partial charge in [0, 0.05) is 6.04 Å². The average molecular weight is 336 g/mol. The van der Waals surface area contributed by atoms with Crippen molar-refractivity contribution in [2.75, 3.05) is 0 Å². The molecule has 6 nitrogen and oxygen atoms in total. The molecule has 1 aliphatic rings. The van der Waals surface area contributed by atoms with Gasteiger partial charge in [-0.1, -0.05) is 25.3 Å². The number of carbonyl (C=O) groups is 1. The molecular weight excluding hydrogens is 316 g/mol. The molecule has 1 fully saturated rings. The fourth-order valence-electron chi connectivity index (χ4n) is 2.97. The number of nitrogens with one attached hydrogen (secondary N) is 1. The van der Waals surface area contributed by atoms with Gasteiger partial charge in [0.05, 0.1) is 22.4 Å². The van der Waals surface area contributed by atoms with Crippen LogP contribution in [-0.4, -0.2) is 25.5 Å². The standard InChI is InChI=1S/C16H20N2O4S/c1-11-7-8-12(10-17)9-15(11)23(21,22)18-14-6-4-2-3-5-13(14)16(19)20/h7-9,13-14,18H,2-6H2,1H3,(H,19,20)/t13-,14+/m0/s1. The molecule has 124 valence electrons. The first-order chi connectivity index (χ1) is 10.8. The lowest BCUT2D eigenvalue weighted by molar-refractivity contribution is -0.142. The summed E-state index contributed by atoms with van der Waals surface area (Å²) in [6.07, 6.45) is 3.48. The fraction of sp³-hybridized carbons (Fsp3) is 0.500. The van der Waals surface area contributed by atoms with Gasteiger partial charge in [-0.2, -0.15) is 5.26 Å². The third kappa shape index (κ3) is 4.09. The Morgan fingerprint density at radius 1 is 1.30 bits per heavy atom. The maximum atomic E-state index is 12.7. The van der Waals surface area contributed by atoms with Crippen LogP contribution in [0.5, 0.6) is 0 Å². The summed E-state index contributed by atoms with van der Waals surface area (Å²) in [6, 6.07) is 5.76. The van der Waals surface area contributed by atoms with Crippen LogP contribution < -0.4 is 4.72 Å². The van der Waals surface area contributed by atoms with Gasteiger partial charge in [-0.3, -0.25) is 4.79 Å². The molecule has 0 unspecified atom stereocenters. The Kier molecular flexibility index (Phi) is 5.39. The minimum Gasteiger partial charge on any atom is -0.481 e. The average Bonchev–Trinajstić information content (AvgIpc) is 2.72. The first-order valence-corrected chi connectivity index (χ1v) is 9.09. The summed E-state index contributed by atoms with van der Waals surface area (Å²) in [5.74, 6) is -1.69. The second-order valence-corrected chi connectivity index (χ2v) is 7.59. The van der Waals surface area contributed by atoms with Crippen LogP contribution in [0, 0.1) is 24.2 Å². The van der Waals surface area contributed by atoms with Crippen molar-refractivity contribution in [1.82, 2.24) is 4.72 Å². The number of rotatable bonds is 4. The van der Waals surface area contributed by atoms with Gasteiger partial charge < -0.3 is 5.11 Å². The number of sulfonamides is 1. The van der Waals surface area contributed by atoms with Crippen LogP contribution in [0.3, 0.4) is 0 Å². The van der Waals surface area contributed by atoms with Gasteiger partial charge in [0.15, 0.2) is 0 Å². The lowest BCUT2D eigenvalue weighted by Crippen LogP contribution is -2.42. The van der Waals surface area contributed by atoms with E-state index in [0.717, 1.165) is 19.3 Å². The number of carboxylic acids is 1. The highest BCUT2D eigenvalue weighted by molar-refractivity contribution is 7.89. The van der Waals surface area contributed by atoms with Gasteiger partial charge in [-0.25, -0.2) is 13.1 Å². The van der Waals surface area contributed by atoms with Crippen LogP contribution in [0.15, 0.2) is 23.1 Å². The second-order valence-electron chi connectivity index (χ2n) is 5.90. The summed E-state index contributed by atoms with van der Waals surface area (Å²) in [6.45, 7) is 1.65. The molecule has 7 heteroatoms. The van der Waals surface area contributed by atoms with E-state index in [4.69, 9.17) is 5.26 Å². The zero-order valence-electron chi connectivity index (χ0n) is 12.9. The topological polar surface area (TPSA) is 107 Å². The van der Waals surface area contributed by atoms with Gasteiger partial charge in [0.25, 0.3) is 0 Å². The largest absolute Gasteiger partial charge is 0.481 e. The monoisotopic (exact) mass is 336 g/mol. The summed E-state index contributed by atoms with van der Waals surface area (Å²) < 4.78 is 27.9. The summed E-state index contributed by atoms with van der Waals surface area (Å²) in [7, 11) is -3.87. The quantitative estimate of drug-likeness (QED) is 0.819.